The number of rotatable bonds is 0. The Morgan fingerprint density at radius 2 is 2.00 bits per heavy atom. The molecule has 2 heteroatoms. The highest BCUT2D eigenvalue weighted by Crippen LogP contribution is 2.12. The smallest absolute Gasteiger partial charge is 0.192 e. The van der Waals surface area contributed by atoms with Gasteiger partial charge in [-0.1, -0.05) is 6.32 Å². The van der Waals surface area contributed by atoms with Gasteiger partial charge in [-0.2, -0.15) is 0 Å². The van der Waals surface area contributed by atoms with Crippen molar-refractivity contribution in [1.29, 1.82) is 0 Å². The molecule has 0 nitrogen and oxygen atoms in total. The van der Waals surface area contributed by atoms with E-state index in [-0.39, 0.29) is 0 Å². The van der Waals surface area contributed by atoms with E-state index < -0.39 is 0 Å². The standard InChI is InChI=1S/C2H5BS/c1-2-4-3-1/h3H,1-2H2. The zero-order valence-electron chi connectivity index (χ0n) is 2.53. The Bertz CT molecular complexity index is 14.0. The summed E-state index contributed by atoms with van der Waals surface area (Å²) in [5.74, 6) is 1.42. The van der Waals surface area contributed by atoms with Crippen molar-refractivity contribution in [2.75, 3.05) is 5.75 Å². The van der Waals surface area contributed by atoms with Gasteiger partial charge in [0, 0.05) is 0 Å². The molecule has 1 fully saturated rings. The fraction of sp³-hybridized carbons (Fsp3) is 1.00. The Hall–Kier alpha value is 0.415. The fourth-order valence-electron chi connectivity index (χ4n) is 0.144. The molecule has 0 amide bonds. The van der Waals surface area contributed by atoms with Gasteiger partial charge in [0.1, 0.15) is 0 Å². The van der Waals surface area contributed by atoms with Crippen LogP contribution in [0.4, 0.5) is 0 Å². The third-order valence-corrected chi connectivity index (χ3v) is 1.73. The molecule has 0 radical (unpaired) electrons. The molecule has 0 saturated carbocycles. The highest BCUT2D eigenvalue weighted by Gasteiger charge is 1.98. The third-order valence-electron chi connectivity index (χ3n) is 0.577. The van der Waals surface area contributed by atoms with Crippen LogP contribution in [-0.2, 0) is 0 Å². The number of hydrogen-bond donors (Lipinski definition) is 0. The summed E-state index contributed by atoms with van der Waals surface area (Å²) >= 11 is 2.04. The van der Waals surface area contributed by atoms with Gasteiger partial charge in [0.15, 0.2) is 6.56 Å². The van der Waals surface area contributed by atoms with Crippen LogP contribution in [0.3, 0.4) is 0 Å². The molecule has 0 spiro atoms. The second kappa shape index (κ2) is 1.02. The summed E-state index contributed by atoms with van der Waals surface area (Å²) in [6.07, 6.45) is 1.46. The largest absolute Gasteiger partial charge is 0.216 e. The Morgan fingerprint density at radius 1 is 1.75 bits per heavy atom. The highest BCUT2D eigenvalue weighted by molar-refractivity contribution is 8.24. The maximum absolute atomic E-state index is 2.04. The van der Waals surface area contributed by atoms with Gasteiger partial charge in [-0.25, -0.2) is 11.6 Å². The second-order valence-electron chi connectivity index (χ2n) is 0.966. The molecule has 0 aromatic heterocycles. The molecule has 0 N–H and O–H groups in total. The van der Waals surface area contributed by atoms with E-state index >= 15 is 0 Å². The van der Waals surface area contributed by atoms with Crippen molar-refractivity contribution in [3.8, 4) is 0 Å². The summed E-state index contributed by atoms with van der Waals surface area (Å²) in [7, 11) is 0. The number of hydrogen-bond acceptors (Lipinski definition) is 1. The van der Waals surface area contributed by atoms with Crippen LogP contribution >= 0.6 is 11.6 Å². The topological polar surface area (TPSA) is 0 Å². The zero-order chi connectivity index (χ0) is 2.83. The fourth-order valence-corrected chi connectivity index (χ4v) is 0.433. The minimum atomic E-state index is 1.42. The lowest BCUT2D eigenvalue weighted by Gasteiger charge is -2.03. The Balaban J connectivity index is 2.00. The highest BCUT2D eigenvalue weighted by atomic mass is 32.2. The Morgan fingerprint density at radius 3 is 2.00 bits per heavy atom. The molecule has 1 aliphatic rings. The maximum atomic E-state index is 2.04. The molecule has 0 bridgehead atoms. The van der Waals surface area contributed by atoms with Crippen molar-refractivity contribution < 1.29 is 0 Å². The van der Waals surface area contributed by atoms with Crippen LogP contribution in [0.5, 0.6) is 0 Å². The normalized spacial score (nSPS) is 22.0. The molecular formula is C2H5BS. The first kappa shape index (κ1) is 2.64. The van der Waals surface area contributed by atoms with E-state index in [1.54, 1.807) is 0 Å². The van der Waals surface area contributed by atoms with E-state index in [9.17, 15) is 0 Å². The van der Waals surface area contributed by atoms with Crippen LogP contribution in [0.2, 0.25) is 6.32 Å². The van der Waals surface area contributed by atoms with Gasteiger partial charge in [0.05, 0.1) is 0 Å². The minimum absolute atomic E-state index is 1.42. The lowest BCUT2D eigenvalue weighted by Crippen LogP contribution is -1.97. The summed E-state index contributed by atoms with van der Waals surface area (Å²) in [6.45, 7) is 1.42. The first-order valence-electron chi connectivity index (χ1n) is 1.58. The van der Waals surface area contributed by atoms with E-state index in [4.69, 9.17) is 0 Å². The van der Waals surface area contributed by atoms with Crippen LogP contribution < -0.4 is 0 Å². The zero-order valence-corrected chi connectivity index (χ0v) is 3.35. The van der Waals surface area contributed by atoms with Crippen LogP contribution in [0.15, 0.2) is 0 Å². The molecule has 0 unspecified atom stereocenters. The molecular weight excluding hydrogens is 66.9 g/mol. The van der Waals surface area contributed by atoms with Crippen molar-refractivity contribution in [3.63, 3.8) is 0 Å². The summed E-state index contributed by atoms with van der Waals surface area (Å²) in [4.78, 5) is 0. The van der Waals surface area contributed by atoms with Gasteiger partial charge in [-0.05, 0) is 5.75 Å². The lowest BCUT2D eigenvalue weighted by molar-refractivity contribution is 1.48. The molecule has 0 atom stereocenters. The van der Waals surface area contributed by atoms with E-state index in [1.807, 2.05) is 11.6 Å². The molecule has 1 saturated heterocycles. The monoisotopic (exact) mass is 72.0 g/mol. The van der Waals surface area contributed by atoms with Crippen LogP contribution in [0.25, 0.3) is 0 Å². The first-order chi connectivity index (χ1) is 2.00. The van der Waals surface area contributed by atoms with E-state index in [0.717, 1.165) is 0 Å². The van der Waals surface area contributed by atoms with Crippen molar-refractivity contribution >= 4 is 18.2 Å². The summed E-state index contributed by atoms with van der Waals surface area (Å²) < 4.78 is 0. The molecule has 0 aromatic rings. The Kier molecular flexibility index (Phi) is 0.675. The average molecular weight is 71.9 g/mol. The quantitative estimate of drug-likeness (QED) is 0.375. The maximum Gasteiger partial charge on any atom is 0.192 e. The molecule has 0 aromatic carbocycles. The third kappa shape index (κ3) is 0.248. The predicted octanol–water partition coefficient (Wildman–Crippen LogP) is 0.503. The molecule has 1 rings (SSSR count). The van der Waals surface area contributed by atoms with Crippen molar-refractivity contribution in [2.24, 2.45) is 0 Å². The van der Waals surface area contributed by atoms with Gasteiger partial charge >= 0.3 is 0 Å². The lowest BCUT2D eigenvalue weighted by atomic mass is 10.0. The predicted molar refractivity (Wildman–Crippen MR) is 24.4 cm³/mol. The van der Waals surface area contributed by atoms with Crippen LogP contribution in [-0.4, -0.2) is 12.3 Å². The van der Waals surface area contributed by atoms with Crippen molar-refractivity contribution in [3.05, 3.63) is 0 Å². The molecule has 4 heavy (non-hydrogen) atoms. The summed E-state index contributed by atoms with van der Waals surface area (Å²) in [6, 6.07) is 0. The van der Waals surface area contributed by atoms with Crippen LogP contribution in [0.1, 0.15) is 0 Å². The second-order valence-corrected chi connectivity index (χ2v) is 2.19. The molecule has 1 aliphatic heterocycles. The minimum Gasteiger partial charge on any atom is -0.216 e. The molecule has 22 valence electrons. The summed E-state index contributed by atoms with van der Waals surface area (Å²) in [5, 5.41) is 0. The van der Waals surface area contributed by atoms with E-state index in [0.29, 0.717) is 0 Å². The van der Waals surface area contributed by atoms with Gasteiger partial charge in [-0.15, -0.1) is 0 Å². The van der Waals surface area contributed by atoms with Crippen molar-refractivity contribution in [1.82, 2.24) is 0 Å². The summed E-state index contributed by atoms with van der Waals surface area (Å²) in [5.41, 5.74) is 0. The SMILES string of the molecule is B1CCS1. The van der Waals surface area contributed by atoms with Gasteiger partial charge in [0.2, 0.25) is 0 Å². The van der Waals surface area contributed by atoms with Gasteiger partial charge < -0.3 is 0 Å². The van der Waals surface area contributed by atoms with Gasteiger partial charge in [0.25, 0.3) is 0 Å². The van der Waals surface area contributed by atoms with Crippen molar-refractivity contribution in [2.45, 2.75) is 6.32 Å². The molecule has 1 heterocycles. The van der Waals surface area contributed by atoms with Gasteiger partial charge in [-0.3, -0.25) is 0 Å². The van der Waals surface area contributed by atoms with E-state index in [2.05, 4.69) is 0 Å². The van der Waals surface area contributed by atoms with E-state index in [1.165, 1.54) is 18.6 Å². The van der Waals surface area contributed by atoms with Crippen LogP contribution in [0, 0.1) is 0 Å². The first-order valence-corrected chi connectivity index (χ1v) is 2.73. The average Bonchev–Trinajstić information content (AvgIpc) is 0.722. The Labute approximate surface area is 31.1 Å². The molecule has 0 aliphatic carbocycles.